The number of aryl methyl sites for hydroxylation is 1. The van der Waals surface area contributed by atoms with Crippen LogP contribution in [-0.4, -0.2) is 33.3 Å². The second-order valence-corrected chi connectivity index (χ2v) is 6.15. The average Bonchev–Trinajstić information content (AvgIpc) is 3.30. The van der Waals surface area contributed by atoms with Gasteiger partial charge in [0, 0.05) is 31.1 Å². The smallest absolute Gasteiger partial charge is 0.266 e. The molecule has 1 saturated heterocycles. The summed E-state index contributed by atoms with van der Waals surface area (Å²) in [7, 11) is 0. The van der Waals surface area contributed by atoms with E-state index < -0.39 is 5.67 Å². The van der Waals surface area contributed by atoms with Crippen molar-refractivity contribution in [2.45, 2.75) is 25.6 Å². The molecule has 2 aromatic heterocycles. The van der Waals surface area contributed by atoms with Crippen LogP contribution in [0.1, 0.15) is 23.8 Å². The third-order valence-corrected chi connectivity index (χ3v) is 4.20. The van der Waals surface area contributed by atoms with Gasteiger partial charge in [-0.2, -0.15) is 4.98 Å². The van der Waals surface area contributed by atoms with Crippen molar-refractivity contribution in [1.29, 1.82) is 0 Å². The van der Waals surface area contributed by atoms with Crippen molar-refractivity contribution in [1.82, 2.24) is 20.2 Å². The van der Waals surface area contributed by atoms with Crippen molar-refractivity contribution in [3.8, 4) is 11.4 Å². The molecule has 24 heavy (non-hydrogen) atoms. The van der Waals surface area contributed by atoms with Crippen LogP contribution < -0.4 is 0 Å². The molecular weight excluding hydrogens is 311 g/mol. The molecule has 3 heterocycles. The van der Waals surface area contributed by atoms with Gasteiger partial charge in [0.2, 0.25) is 11.5 Å². The molecule has 0 radical (unpaired) electrons. The summed E-state index contributed by atoms with van der Waals surface area (Å²) in [4.78, 5) is 6.23. The number of nitrogens with zero attached hydrogens (tertiary/aromatic N) is 4. The molecule has 0 spiro atoms. The Morgan fingerprint density at radius 2 is 2.04 bits per heavy atom. The Labute approximate surface area is 138 Å². The first-order valence-electron chi connectivity index (χ1n) is 7.85. The molecule has 1 unspecified atom stereocenters. The molecule has 3 aromatic rings. The van der Waals surface area contributed by atoms with E-state index in [2.05, 4.69) is 15.3 Å². The van der Waals surface area contributed by atoms with Crippen LogP contribution in [0.3, 0.4) is 0 Å². The van der Waals surface area contributed by atoms with Crippen molar-refractivity contribution >= 4 is 0 Å². The molecule has 0 N–H and O–H groups in total. The third-order valence-electron chi connectivity index (χ3n) is 4.20. The van der Waals surface area contributed by atoms with Gasteiger partial charge < -0.3 is 9.05 Å². The third kappa shape index (κ3) is 2.82. The Kier molecular flexibility index (Phi) is 3.65. The van der Waals surface area contributed by atoms with Crippen LogP contribution in [0.5, 0.6) is 0 Å². The number of rotatable bonds is 4. The summed E-state index contributed by atoms with van der Waals surface area (Å²) in [6.45, 7) is 3.18. The predicted molar refractivity (Wildman–Crippen MR) is 83.7 cm³/mol. The summed E-state index contributed by atoms with van der Waals surface area (Å²) in [6.07, 6.45) is 0.316. The van der Waals surface area contributed by atoms with Gasteiger partial charge in [-0.25, -0.2) is 4.39 Å². The van der Waals surface area contributed by atoms with E-state index in [1.807, 2.05) is 48.2 Å². The van der Waals surface area contributed by atoms with E-state index in [1.165, 1.54) is 0 Å². The van der Waals surface area contributed by atoms with E-state index in [-0.39, 0.29) is 12.4 Å². The van der Waals surface area contributed by atoms with Crippen molar-refractivity contribution in [3.63, 3.8) is 0 Å². The lowest BCUT2D eigenvalue weighted by atomic mass is 10.1. The molecule has 1 aliphatic rings. The molecule has 4 rings (SSSR count). The second-order valence-electron chi connectivity index (χ2n) is 6.15. The lowest BCUT2D eigenvalue weighted by Gasteiger charge is -2.16. The summed E-state index contributed by atoms with van der Waals surface area (Å²) < 4.78 is 25.7. The highest BCUT2D eigenvalue weighted by atomic mass is 19.1. The number of hydrogen-bond acceptors (Lipinski definition) is 6. The van der Waals surface area contributed by atoms with Crippen molar-refractivity contribution in [2.75, 3.05) is 13.1 Å². The van der Waals surface area contributed by atoms with Gasteiger partial charge >= 0.3 is 0 Å². The second kappa shape index (κ2) is 5.83. The lowest BCUT2D eigenvalue weighted by molar-refractivity contribution is 0.113. The minimum absolute atomic E-state index is 0.0394. The van der Waals surface area contributed by atoms with Gasteiger partial charge in [-0.1, -0.05) is 40.6 Å². The maximum absolute atomic E-state index is 15.2. The molecule has 0 bridgehead atoms. The summed E-state index contributed by atoms with van der Waals surface area (Å²) in [6, 6.07) is 11.3. The van der Waals surface area contributed by atoms with Crippen LogP contribution in [0.25, 0.3) is 11.4 Å². The quantitative estimate of drug-likeness (QED) is 0.733. The zero-order valence-electron chi connectivity index (χ0n) is 13.3. The Bertz CT molecular complexity index is 832. The van der Waals surface area contributed by atoms with Crippen molar-refractivity contribution in [3.05, 3.63) is 53.7 Å². The molecule has 7 heteroatoms. The molecular formula is C17H17FN4O2. The standard InChI is InChI=1S/C17H17FN4O2/c1-12-9-14(23-20-12)10-22-8-7-17(18,11-22)16-19-15(21-24-16)13-5-3-2-4-6-13/h2-6,9H,7-8,10-11H2,1H3. The van der Waals surface area contributed by atoms with Crippen LogP contribution in [0.2, 0.25) is 0 Å². The number of benzene rings is 1. The molecule has 6 nitrogen and oxygen atoms in total. The van der Waals surface area contributed by atoms with Gasteiger partial charge in [0.1, 0.15) is 0 Å². The Hall–Kier alpha value is -2.54. The number of hydrogen-bond donors (Lipinski definition) is 0. The summed E-state index contributed by atoms with van der Waals surface area (Å²) >= 11 is 0. The van der Waals surface area contributed by atoms with E-state index in [0.717, 1.165) is 17.0 Å². The normalized spacial score (nSPS) is 21.4. The van der Waals surface area contributed by atoms with Gasteiger partial charge in [-0.15, -0.1) is 0 Å². The molecule has 124 valence electrons. The predicted octanol–water partition coefficient (Wildman–Crippen LogP) is 3.10. The Morgan fingerprint density at radius 3 is 2.79 bits per heavy atom. The fourth-order valence-electron chi connectivity index (χ4n) is 2.98. The van der Waals surface area contributed by atoms with Crippen LogP contribution in [0.4, 0.5) is 4.39 Å². The van der Waals surface area contributed by atoms with E-state index >= 15 is 4.39 Å². The van der Waals surface area contributed by atoms with Crippen molar-refractivity contribution < 1.29 is 13.4 Å². The fourth-order valence-corrected chi connectivity index (χ4v) is 2.98. The van der Waals surface area contributed by atoms with Gasteiger partial charge in [0.25, 0.3) is 5.89 Å². The number of halogens is 1. The highest BCUT2D eigenvalue weighted by molar-refractivity contribution is 5.53. The Morgan fingerprint density at radius 1 is 1.21 bits per heavy atom. The van der Waals surface area contributed by atoms with E-state index in [4.69, 9.17) is 9.05 Å². The molecule has 0 aliphatic carbocycles. The first kappa shape index (κ1) is 15.0. The first-order valence-corrected chi connectivity index (χ1v) is 7.85. The molecule has 1 atom stereocenters. The summed E-state index contributed by atoms with van der Waals surface area (Å²) in [5.41, 5.74) is -0.00190. The van der Waals surface area contributed by atoms with Gasteiger partial charge in [-0.05, 0) is 6.92 Å². The van der Waals surface area contributed by atoms with E-state index in [0.29, 0.717) is 25.3 Å². The Balaban J connectivity index is 1.49. The maximum atomic E-state index is 15.2. The minimum atomic E-state index is -1.63. The van der Waals surface area contributed by atoms with Gasteiger partial charge in [0.15, 0.2) is 5.76 Å². The summed E-state index contributed by atoms with van der Waals surface area (Å²) in [5, 5.41) is 7.77. The van der Waals surface area contributed by atoms with Crippen LogP contribution in [0, 0.1) is 6.92 Å². The van der Waals surface area contributed by atoms with E-state index in [9.17, 15) is 0 Å². The monoisotopic (exact) mass is 328 g/mol. The number of aromatic nitrogens is 3. The molecule has 1 aromatic carbocycles. The largest absolute Gasteiger partial charge is 0.360 e. The fraction of sp³-hybridized carbons (Fsp3) is 0.353. The van der Waals surface area contributed by atoms with E-state index in [1.54, 1.807) is 0 Å². The van der Waals surface area contributed by atoms with Gasteiger partial charge in [0.05, 0.1) is 12.2 Å². The average molecular weight is 328 g/mol. The lowest BCUT2D eigenvalue weighted by Crippen LogP contribution is -2.27. The van der Waals surface area contributed by atoms with Crippen LogP contribution >= 0.6 is 0 Å². The zero-order valence-corrected chi connectivity index (χ0v) is 13.3. The van der Waals surface area contributed by atoms with Gasteiger partial charge in [-0.3, -0.25) is 4.90 Å². The maximum Gasteiger partial charge on any atom is 0.266 e. The number of alkyl halides is 1. The molecule has 0 amide bonds. The van der Waals surface area contributed by atoms with Crippen LogP contribution in [-0.2, 0) is 12.2 Å². The SMILES string of the molecule is Cc1cc(CN2CCC(F)(c3nc(-c4ccccc4)no3)C2)on1. The molecule has 1 fully saturated rings. The number of likely N-dealkylation sites (tertiary alicyclic amines) is 1. The minimum Gasteiger partial charge on any atom is -0.360 e. The van der Waals surface area contributed by atoms with Crippen molar-refractivity contribution in [2.24, 2.45) is 0 Å². The highest BCUT2D eigenvalue weighted by Gasteiger charge is 2.45. The van der Waals surface area contributed by atoms with Crippen LogP contribution in [0.15, 0.2) is 45.4 Å². The molecule has 1 aliphatic heterocycles. The highest BCUT2D eigenvalue weighted by Crippen LogP contribution is 2.36. The molecule has 0 saturated carbocycles. The first-order chi connectivity index (χ1) is 11.6. The zero-order chi connectivity index (χ0) is 16.6. The summed E-state index contributed by atoms with van der Waals surface area (Å²) in [5.74, 6) is 1.18. The topological polar surface area (TPSA) is 68.2 Å².